The Kier molecular flexibility index (Phi) is 3.37. The third kappa shape index (κ3) is 2.26. The quantitative estimate of drug-likeness (QED) is 0.837. The molecular weight excluding hydrogens is 272 g/mol. The largest absolute Gasteiger partial charge is 0.494 e. The lowest BCUT2D eigenvalue weighted by atomic mass is 10.0. The molecule has 1 unspecified atom stereocenters. The Morgan fingerprint density at radius 2 is 2.14 bits per heavy atom. The SMILES string of the molecule is CCOc1cccc2c1CN(C1CCC(=O)NC1=O)C2=O. The van der Waals surface area contributed by atoms with Crippen molar-refractivity contribution in [2.24, 2.45) is 0 Å². The summed E-state index contributed by atoms with van der Waals surface area (Å²) in [5, 5.41) is 2.29. The molecule has 2 aliphatic heterocycles. The number of ether oxygens (including phenoxy) is 1. The summed E-state index contributed by atoms with van der Waals surface area (Å²) >= 11 is 0. The van der Waals surface area contributed by atoms with E-state index < -0.39 is 11.9 Å². The number of carbonyl (C=O) groups is 3. The summed E-state index contributed by atoms with van der Waals surface area (Å²) in [5.74, 6) is -0.181. The fourth-order valence-corrected chi connectivity index (χ4v) is 2.85. The van der Waals surface area contributed by atoms with Gasteiger partial charge in [-0.05, 0) is 25.5 Å². The van der Waals surface area contributed by atoms with Gasteiger partial charge < -0.3 is 9.64 Å². The molecule has 0 saturated carbocycles. The Bertz CT molecular complexity index is 626. The fraction of sp³-hybridized carbons (Fsp3) is 0.400. The molecule has 1 saturated heterocycles. The van der Waals surface area contributed by atoms with Crippen LogP contribution in [0.15, 0.2) is 18.2 Å². The van der Waals surface area contributed by atoms with Gasteiger partial charge in [0.05, 0.1) is 13.2 Å². The van der Waals surface area contributed by atoms with Gasteiger partial charge in [-0.3, -0.25) is 19.7 Å². The molecule has 0 spiro atoms. The minimum atomic E-state index is -0.586. The molecule has 21 heavy (non-hydrogen) atoms. The summed E-state index contributed by atoms with van der Waals surface area (Å²) in [5.41, 5.74) is 1.39. The number of hydrogen-bond donors (Lipinski definition) is 1. The number of nitrogens with zero attached hydrogens (tertiary/aromatic N) is 1. The van der Waals surface area contributed by atoms with Crippen molar-refractivity contribution in [3.05, 3.63) is 29.3 Å². The molecule has 0 radical (unpaired) electrons. The summed E-state index contributed by atoms with van der Waals surface area (Å²) in [6.07, 6.45) is 0.628. The number of imide groups is 1. The smallest absolute Gasteiger partial charge is 0.255 e. The monoisotopic (exact) mass is 288 g/mol. The molecule has 3 rings (SSSR count). The minimum absolute atomic E-state index is 0.180. The predicted molar refractivity (Wildman–Crippen MR) is 73.7 cm³/mol. The second-order valence-corrected chi connectivity index (χ2v) is 5.12. The normalized spacial score (nSPS) is 21.3. The van der Waals surface area contributed by atoms with Crippen LogP contribution in [0.25, 0.3) is 0 Å². The molecule has 1 aromatic carbocycles. The van der Waals surface area contributed by atoms with E-state index in [4.69, 9.17) is 4.74 Å². The number of fused-ring (bicyclic) bond motifs is 1. The van der Waals surface area contributed by atoms with Crippen molar-refractivity contribution in [2.45, 2.75) is 32.4 Å². The van der Waals surface area contributed by atoms with Crippen LogP contribution in [0.5, 0.6) is 5.75 Å². The highest BCUT2D eigenvalue weighted by Crippen LogP contribution is 2.33. The van der Waals surface area contributed by atoms with Gasteiger partial charge in [-0.2, -0.15) is 0 Å². The molecule has 3 amide bonds. The first-order valence-corrected chi connectivity index (χ1v) is 7.01. The molecule has 0 aromatic heterocycles. The molecule has 0 bridgehead atoms. The number of carbonyl (C=O) groups excluding carboxylic acids is 3. The number of piperidine rings is 1. The predicted octanol–water partition coefficient (Wildman–Crippen LogP) is 0.846. The first kappa shape index (κ1) is 13.6. The highest BCUT2D eigenvalue weighted by atomic mass is 16.5. The van der Waals surface area contributed by atoms with Crippen molar-refractivity contribution >= 4 is 17.7 Å². The van der Waals surface area contributed by atoms with Crippen LogP contribution in [0.3, 0.4) is 0 Å². The lowest BCUT2D eigenvalue weighted by Crippen LogP contribution is -2.52. The van der Waals surface area contributed by atoms with Gasteiger partial charge in [-0.1, -0.05) is 6.07 Å². The van der Waals surface area contributed by atoms with Crippen LogP contribution in [-0.4, -0.2) is 35.3 Å². The summed E-state index contributed by atoms with van der Waals surface area (Å²) in [7, 11) is 0. The molecule has 1 aromatic rings. The highest BCUT2D eigenvalue weighted by molar-refractivity contribution is 6.05. The van der Waals surface area contributed by atoms with Crippen molar-refractivity contribution in [1.29, 1.82) is 0 Å². The molecule has 1 N–H and O–H groups in total. The van der Waals surface area contributed by atoms with Crippen molar-refractivity contribution in [3.8, 4) is 5.75 Å². The van der Waals surface area contributed by atoms with Gasteiger partial charge in [0.1, 0.15) is 11.8 Å². The van der Waals surface area contributed by atoms with Crippen LogP contribution in [0.2, 0.25) is 0 Å². The van der Waals surface area contributed by atoms with Gasteiger partial charge in [0.15, 0.2) is 0 Å². The van der Waals surface area contributed by atoms with Crippen molar-refractivity contribution in [2.75, 3.05) is 6.61 Å². The summed E-state index contributed by atoms with van der Waals surface area (Å²) in [4.78, 5) is 37.2. The van der Waals surface area contributed by atoms with Crippen molar-refractivity contribution in [3.63, 3.8) is 0 Å². The first-order valence-electron chi connectivity index (χ1n) is 7.01. The average Bonchev–Trinajstić information content (AvgIpc) is 2.78. The summed E-state index contributed by atoms with van der Waals surface area (Å²) < 4.78 is 5.54. The van der Waals surface area contributed by atoms with E-state index in [1.54, 1.807) is 12.1 Å². The zero-order valence-corrected chi connectivity index (χ0v) is 11.7. The lowest BCUT2D eigenvalue weighted by Gasteiger charge is -2.29. The standard InChI is InChI=1S/C15H16N2O4/c1-2-21-12-5-3-4-9-10(12)8-17(15(9)20)11-6-7-13(18)16-14(11)19/h3-5,11H,2,6-8H2,1H3,(H,16,18,19). The van der Waals surface area contributed by atoms with E-state index in [0.717, 1.165) is 5.56 Å². The van der Waals surface area contributed by atoms with Crippen LogP contribution < -0.4 is 10.1 Å². The Morgan fingerprint density at radius 1 is 1.33 bits per heavy atom. The van der Waals surface area contributed by atoms with E-state index >= 15 is 0 Å². The third-order valence-corrected chi connectivity index (χ3v) is 3.84. The summed E-state index contributed by atoms with van der Waals surface area (Å²) in [6, 6.07) is 4.75. The van der Waals surface area contributed by atoms with E-state index in [1.807, 2.05) is 13.0 Å². The van der Waals surface area contributed by atoms with Gasteiger partial charge in [0, 0.05) is 17.5 Å². The molecule has 110 valence electrons. The Hall–Kier alpha value is -2.37. The van der Waals surface area contributed by atoms with E-state index in [-0.39, 0.29) is 18.2 Å². The van der Waals surface area contributed by atoms with Gasteiger partial charge in [0.25, 0.3) is 5.91 Å². The molecule has 1 fully saturated rings. The molecule has 2 aliphatic rings. The molecule has 6 heteroatoms. The van der Waals surface area contributed by atoms with E-state index in [9.17, 15) is 14.4 Å². The number of nitrogens with one attached hydrogen (secondary N) is 1. The second kappa shape index (κ2) is 5.20. The van der Waals surface area contributed by atoms with Crippen LogP contribution in [0.1, 0.15) is 35.7 Å². The molecular formula is C15H16N2O4. The van der Waals surface area contributed by atoms with Gasteiger partial charge in [0.2, 0.25) is 11.8 Å². The number of amides is 3. The fourth-order valence-electron chi connectivity index (χ4n) is 2.85. The van der Waals surface area contributed by atoms with Crippen molar-refractivity contribution < 1.29 is 19.1 Å². The maximum absolute atomic E-state index is 12.5. The van der Waals surface area contributed by atoms with E-state index in [0.29, 0.717) is 30.9 Å². The maximum Gasteiger partial charge on any atom is 0.255 e. The zero-order chi connectivity index (χ0) is 15.0. The van der Waals surface area contributed by atoms with Crippen LogP contribution in [-0.2, 0) is 16.1 Å². The molecule has 0 aliphatic carbocycles. The molecule has 6 nitrogen and oxygen atoms in total. The van der Waals surface area contributed by atoms with Crippen LogP contribution in [0.4, 0.5) is 0 Å². The van der Waals surface area contributed by atoms with E-state index in [1.165, 1.54) is 4.90 Å². The van der Waals surface area contributed by atoms with Crippen LogP contribution in [0, 0.1) is 0 Å². The first-order chi connectivity index (χ1) is 10.1. The minimum Gasteiger partial charge on any atom is -0.494 e. The van der Waals surface area contributed by atoms with Gasteiger partial charge >= 0.3 is 0 Å². The van der Waals surface area contributed by atoms with Crippen LogP contribution >= 0.6 is 0 Å². The number of benzene rings is 1. The Balaban J connectivity index is 1.88. The van der Waals surface area contributed by atoms with E-state index in [2.05, 4.69) is 5.32 Å². The topological polar surface area (TPSA) is 75.7 Å². The highest BCUT2D eigenvalue weighted by Gasteiger charge is 2.40. The lowest BCUT2D eigenvalue weighted by molar-refractivity contribution is -0.136. The Morgan fingerprint density at radius 3 is 2.86 bits per heavy atom. The Labute approximate surface area is 122 Å². The second-order valence-electron chi connectivity index (χ2n) is 5.12. The van der Waals surface area contributed by atoms with Crippen molar-refractivity contribution in [1.82, 2.24) is 10.2 Å². The molecule has 1 atom stereocenters. The average molecular weight is 288 g/mol. The number of rotatable bonds is 3. The maximum atomic E-state index is 12.5. The third-order valence-electron chi connectivity index (χ3n) is 3.84. The number of hydrogen-bond acceptors (Lipinski definition) is 4. The van der Waals surface area contributed by atoms with Gasteiger partial charge in [-0.15, -0.1) is 0 Å². The van der Waals surface area contributed by atoms with Gasteiger partial charge in [-0.25, -0.2) is 0 Å². The summed E-state index contributed by atoms with van der Waals surface area (Å²) in [6.45, 7) is 2.74. The molecule has 2 heterocycles. The zero-order valence-electron chi connectivity index (χ0n) is 11.7.